The van der Waals surface area contributed by atoms with Crippen LogP contribution in [-0.2, 0) is 14.2 Å². The van der Waals surface area contributed by atoms with Crippen molar-refractivity contribution in [3.63, 3.8) is 0 Å². The number of ether oxygens (including phenoxy) is 3. The molecule has 0 aliphatic carbocycles. The molecular formula is C6H8O10. The van der Waals surface area contributed by atoms with Crippen LogP contribution in [0.3, 0.4) is 0 Å². The van der Waals surface area contributed by atoms with Gasteiger partial charge in [-0.05, 0) is 0 Å². The second-order valence-corrected chi connectivity index (χ2v) is 2.42. The molecule has 0 bridgehead atoms. The molecule has 10 heteroatoms. The molecule has 0 saturated carbocycles. The zero-order valence-electron chi connectivity index (χ0n) is 7.65. The summed E-state index contributed by atoms with van der Waals surface area (Å²) in [7, 11) is 0. The SMILES string of the molecule is O=C(O)OCC(O)(COC(=O)O)OC(=O)O. The Morgan fingerprint density at radius 3 is 1.50 bits per heavy atom. The van der Waals surface area contributed by atoms with Crippen molar-refractivity contribution in [2.24, 2.45) is 0 Å². The molecule has 0 aromatic carbocycles. The summed E-state index contributed by atoms with van der Waals surface area (Å²) in [6, 6.07) is 0. The Morgan fingerprint density at radius 1 is 0.875 bits per heavy atom. The van der Waals surface area contributed by atoms with E-state index in [-0.39, 0.29) is 0 Å². The maximum absolute atomic E-state index is 10.1. The van der Waals surface area contributed by atoms with Crippen molar-refractivity contribution >= 4 is 18.5 Å². The summed E-state index contributed by atoms with van der Waals surface area (Å²) in [5.41, 5.74) is 0. The predicted molar refractivity (Wildman–Crippen MR) is 42.0 cm³/mol. The molecule has 0 aromatic rings. The van der Waals surface area contributed by atoms with E-state index < -0.39 is 37.5 Å². The van der Waals surface area contributed by atoms with Crippen molar-refractivity contribution < 1.29 is 49.0 Å². The summed E-state index contributed by atoms with van der Waals surface area (Å²) in [6.45, 7) is -2.25. The van der Waals surface area contributed by atoms with Crippen LogP contribution < -0.4 is 0 Å². The quantitative estimate of drug-likeness (QED) is 0.286. The number of hydrogen-bond acceptors (Lipinski definition) is 7. The van der Waals surface area contributed by atoms with Gasteiger partial charge in [0.15, 0.2) is 13.2 Å². The molecule has 0 aromatic heterocycles. The predicted octanol–water partition coefficient (Wildman–Crippen LogP) is -0.241. The first-order chi connectivity index (χ1) is 7.25. The molecule has 0 unspecified atom stereocenters. The zero-order chi connectivity index (χ0) is 12.8. The van der Waals surface area contributed by atoms with Crippen LogP contribution in [0.25, 0.3) is 0 Å². The molecule has 0 aliphatic rings. The third-order valence-electron chi connectivity index (χ3n) is 1.12. The van der Waals surface area contributed by atoms with Gasteiger partial charge >= 0.3 is 18.5 Å². The van der Waals surface area contributed by atoms with Crippen molar-refractivity contribution in [2.75, 3.05) is 13.2 Å². The van der Waals surface area contributed by atoms with Gasteiger partial charge in [0.25, 0.3) is 5.79 Å². The Bertz CT molecular complexity index is 265. The van der Waals surface area contributed by atoms with Crippen molar-refractivity contribution in [2.45, 2.75) is 5.79 Å². The third kappa shape index (κ3) is 6.26. The lowest BCUT2D eigenvalue weighted by atomic mass is 10.3. The number of hydrogen-bond donors (Lipinski definition) is 4. The lowest BCUT2D eigenvalue weighted by molar-refractivity contribution is -0.219. The van der Waals surface area contributed by atoms with Crippen molar-refractivity contribution in [3.8, 4) is 0 Å². The van der Waals surface area contributed by atoms with Crippen LogP contribution in [0.2, 0.25) is 0 Å². The number of aliphatic hydroxyl groups is 1. The Labute approximate surface area is 87.6 Å². The summed E-state index contributed by atoms with van der Waals surface area (Å²) < 4.78 is 11.5. The molecule has 0 aliphatic heterocycles. The summed E-state index contributed by atoms with van der Waals surface area (Å²) in [4.78, 5) is 30.1. The molecule has 0 atom stereocenters. The summed E-state index contributed by atoms with van der Waals surface area (Å²) in [5.74, 6) is -2.72. The van der Waals surface area contributed by atoms with E-state index in [1.165, 1.54) is 0 Å². The van der Waals surface area contributed by atoms with Gasteiger partial charge in [-0.2, -0.15) is 0 Å². The zero-order valence-corrected chi connectivity index (χ0v) is 7.65. The van der Waals surface area contributed by atoms with Gasteiger partial charge in [-0.3, -0.25) is 0 Å². The average molecular weight is 240 g/mol. The Balaban J connectivity index is 4.40. The minimum absolute atomic E-state index is 1.12. The minimum Gasteiger partial charge on any atom is -0.450 e. The van der Waals surface area contributed by atoms with E-state index in [1.807, 2.05) is 0 Å². The van der Waals surface area contributed by atoms with Crippen LogP contribution in [-0.4, -0.2) is 57.9 Å². The van der Waals surface area contributed by atoms with Gasteiger partial charge in [-0.15, -0.1) is 0 Å². The fraction of sp³-hybridized carbons (Fsp3) is 0.500. The molecular weight excluding hydrogens is 232 g/mol. The second kappa shape index (κ2) is 5.60. The summed E-state index contributed by atoms with van der Waals surface area (Å²) in [6.07, 6.45) is -5.56. The van der Waals surface area contributed by atoms with Gasteiger partial charge in [-0.1, -0.05) is 0 Å². The van der Waals surface area contributed by atoms with E-state index in [2.05, 4.69) is 14.2 Å². The van der Waals surface area contributed by atoms with Gasteiger partial charge in [0.05, 0.1) is 0 Å². The smallest absolute Gasteiger partial charge is 0.450 e. The van der Waals surface area contributed by atoms with Crippen molar-refractivity contribution in [1.29, 1.82) is 0 Å². The first-order valence-corrected chi connectivity index (χ1v) is 3.61. The Kier molecular flexibility index (Phi) is 4.82. The van der Waals surface area contributed by atoms with Crippen molar-refractivity contribution in [3.05, 3.63) is 0 Å². The largest absolute Gasteiger partial charge is 0.508 e. The van der Waals surface area contributed by atoms with Gasteiger partial charge in [0, 0.05) is 0 Å². The molecule has 4 N–H and O–H groups in total. The van der Waals surface area contributed by atoms with Gasteiger partial charge in [0.1, 0.15) is 0 Å². The number of carbonyl (C=O) groups is 3. The molecule has 0 heterocycles. The van der Waals surface area contributed by atoms with E-state index in [9.17, 15) is 19.5 Å². The minimum atomic E-state index is -2.72. The van der Waals surface area contributed by atoms with E-state index in [0.29, 0.717) is 0 Å². The van der Waals surface area contributed by atoms with Gasteiger partial charge < -0.3 is 34.6 Å². The fourth-order valence-electron chi connectivity index (χ4n) is 0.612. The topological polar surface area (TPSA) is 160 Å². The lowest BCUT2D eigenvalue weighted by Gasteiger charge is -2.23. The number of carboxylic acid groups (broad SMARTS) is 3. The normalized spacial score (nSPS) is 10.3. The van der Waals surface area contributed by atoms with Crippen LogP contribution in [0.15, 0.2) is 0 Å². The molecule has 16 heavy (non-hydrogen) atoms. The lowest BCUT2D eigenvalue weighted by Crippen LogP contribution is -2.45. The second-order valence-electron chi connectivity index (χ2n) is 2.42. The molecule has 92 valence electrons. The van der Waals surface area contributed by atoms with Gasteiger partial charge in [-0.25, -0.2) is 14.4 Å². The molecule has 0 saturated heterocycles. The monoisotopic (exact) mass is 240 g/mol. The van der Waals surface area contributed by atoms with E-state index in [1.54, 1.807) is 0 Å². The number of rotatable bonds is 5. The van der Waals surface area contributed by atoms with E-state index >= 15 is 0 Å². The first kappa shape index (κ1) is 13.8. The molecule has 0 amide bonds. The van der Waals surface area contributed by atoms with Crippen LogP contribution >= 0.6 is 0 Å². The first-order valence-electron chi connectivity index (χ1n) is 3.61. The summed E-state index contributed by atoms with van der Waals surface area (Å²) >= 11 is 0. The molecule has 0 radical (unpaired) electrons. The Hall–Kier alpha value is -2.23. The van der Waals surface area contributed by atoms with E-state index in [4.69, 9.17) is 15.3 Å². The average Bonchev–Trinajstić information content (AvgIpc) is 2.11. The van der Waals surface area contributed by atoms with Crippen LogP contribution in [0, 0.1) is 0 Å². The highest BCUT2D eigenvalue weighted by molar-refractivity contribution is 5.59. The van der Waals surface area contributed by atoms with Crippen LogP contribution in [0.1, 0.15) is 0 Å². The molecule has 10 nitrogen and oxygen atoms in total. The standard InChI is InChI=1S/C6H8O10/c7-3(8)14-1-6(13,16-5(11)12)2-15-4(9)10/h13H,1-2H2,(H,7,8)(H,9,10)(H,11,12). The van der Waals surface area contributed by atoms with Crippen LogP contribution in [0.5, 0.6) is 0 Å². The molecule has 0 fully saturated rings. The Morgan fingerprint density at radius 2 is 1.25 bits per heavy atom. The fourth-order valence-corrected chi connectivity index (χ4v) is 0.612. The highest BCUT2D eigenvalue weighted by Crippen LogP contribution is 2.09. The summed E-state index contributed by atoms with van der Waals surface area (Å²) in [5, 5.41) is 33.7. The highest BCUT2D eigenvalue weighted by Gasteiger charge is 2.36. The van der Waals surface area contributed by atoms with Gasteiger partial charge in [0.2, 0.25) is 0 Å². The maximum Gasteiger partial charge on any atom is 0.508 e. The van der Waals surface area contributed by atoms with Crippen LogP contribution in [0.4, 0.5) is 14.4 Å². The molecule has 0 spiro atoms. The van der Waals surface area contributed by atoms with E-state index in [0.717, 1.165) is 0 Å². The molecule has 0 rings (SSSR count). The third-order valence-corrected chi connectivity index (χ3v) is 1.12. The van der Waals surface area contributed by atoms with Crippen molar-refractivity contribution in [1.82, 2.24) is 0 Å². The highest BCUT2D eigenvalue weighted by atomic mass is 16.8. The maximum atomic E-state index is 10.1.